The topological polar surface area (TPSA) is 111 Å². The van der Waals surface area contributed by atoms with Crippen LogP contribution in [-0.2, 0) is 39.0 Å². The van der Waals surface area contributed by atoms with Crippen LogP contribution in [0.5, 0.6) is 0 Å². The molecule has 41 heavy (non-hydrogen) atoms. The molecule has 0 saturated carbocycles. The van der Waals surface area contributed by atoms with E-state index < -0.39 is 22.1 Å². The molecule has 0 aliphatic carbocycles. The second-order valence-electron chi connectivity index (χ2n) is 10.5. The minimum Gasteiger partial charge on any atom is -0.366 e. The molecular formula is C30H34ClN5O4S. The molecule has 216 valence electrons. The van der Waals surface area contributed by atoms with E-state index in [0.29, 0.717) is 56.3 Å². The molecule has 2 aliphatic rings. The van der Waals surface area contributed by atoms with Crippen LogP contribution >= 0.6 is 11.6 Å². The monoisotopic (exact) mass is 595 g/mol. The molecule has 2 amide bonds. The Kier molecular flexibility index (Phi) is 8.82. The number of sulfonamides is 1. The summed E-state index contributed by atoms with van der Waals surface area (Å²) in [5, 5.41) is 6.91. The van der Waals surface area contributed by atoms with Gasteiger partial charge in [-0.25, -0.2) is 8.42 Å². The molecule has 0 radical (unpaired) electrons. The zero-order valence-corrected chi connectivity index (χ0v) is 24.4. The Morgan fingerprint density at radius 1 is 0.976 bits per heavy atom. The number of para-hydroxylation sites is 2. The van der Waals surface area contributed by atoms with Crippen LogP contribution in [0, 0.1) is 0 Å². The first-order chi connectivity index (χ1) is 19.7. The standard InChI is InChI=1S/C30H34ClN5O4S/c1-41(39,40)34-25-11-4-5-12-28(25)35-13-15-36(16-14-35)30(38)27(18-21-7-6-10-24(31)17-21)33-29(37)26-19-22-8-2-3-9-23(22)20-32-26/h2-12,17,26-27,32,34H,13-16,18-20H2,1H3,(H,33,37)/t26-,27+/m0/s1. The Morgan fingerprint density at radius 2 is 1.68 bits per heavy atom. The molecule has 1 fully saturated rings. The Labute approximate surface area is 245 Å². The van der Waals surface area contributed by atoms with Crippen molar-refractivity contribution in [2.24, 2.45) is 0 Å². The fourth-order valence-corrected chi connectivity index (χ4v) is 6.22. The van der Waals surface area contributed by atoms with Gasteiger partial charge in [-0.3, -0.25) is 14.3 Å². The number of carbonyl (C=O) groups excluding carboxylic acids is 2. The van der Waals surface area contributed by atoms with Gasteiger partial charge >= 0.3 is 0 Å². The van der Waals surface area contributed by atoms with Crippen LogP contribution in [-0.4, -0.2) is 69.7 Å². The van der Waals surface area contributed by atoms with Crippen molar-refractivity contribution < 1.29 is 18.0 Å². The van der Waals surface area contributed by atoms with Crippen molar-refractivity contribution in [3.05, 3.63) is 94.5 Å². The van der Waals surface area contributed by atoms with Crippen LogP contribution < -0.4 is 20.3 Å². The van der Waals surface area contributed by atoms with E-state index in [4.69, 9.17) is 11.6 Å². The Morgan fingerprint density at radius 3 is 2.41 bits per heavy atom. The number of rotatable bonds is 8. The van der Waals surface area contributed by atoms with Crippen LogP contribution in [0.4, 0.5) is 11.4 Å². The number of nitrogens with zero attached hydrogens (tertiary/aromatic N) is 2. The number of nitrogens with one attached hydrogen (secondary N) is 3. The predicted octanol–water partition coefficient (Wildman–Crippen LogP) is 2.80. The summed E-state index contributed by atoms with van der Waals surface area (Å²) in [7, 11) is -3.44. The predicted molar refractivity (Wildman–Crippen MR) is 162 cm³/mol. The summed E-state index contributed by atoms with van der Waals surface area (Å²) in [6, 6.07) is 21.4. The van der Waals surface area contributed by atoms with Gasteiger partial charge < -0.3 is 20.4 Å². The number of amides is 2. The SMILES string of the molecule is CS(=O)(=O)Nc1ccccc1N1CCN(C(=O)[C@@H](Cc2cccc(Cl)c2)NC(=O)[C@@H]2Cc3ccccc3CN2)CC1. The molecule has 5 rings (SSSR count). The number of halogens is 1. The molecule has 1 saturated heterocycles. The highest BCUT2D eigenvalue weighted by Crippen LogP contribution is 2.27. The van der Waals surface area contributed by atoms with Crippen molar-refractivity contribution in [2.45, 2.75) is 31.5 Å². The van der Waals surface area contributed by atoms with E-state index in [-0.39, 0.29) is 11.8 Å². The lowest BCUT2D eigenvalue weighted by Crippen LogP contribution is -2.58. The number of carbonyl (C=O) groups is 2. The molecule has 9 nitrogen and oxygen atoms in total. The molecule has 0 spiro atoms. The zero-order valence-electron chi connectivity index (χ0n) is 22.8. The van der Waals surface area contributed by atoms with Gasteiger partial charge in [0, 0.05) is 44.2 Å². The first kappa shape index (κ1) is 28.9. The normalized spacial score (nSPS) is 17.9. The Balaban J connectivity index is 1.28. The zero-order chi connectivity index (χ0) is 29.0. The van der Waals surface area contributed by atoms with Crippen LogP contribution in [0.15, 0.2) is 72.8 Å². The third kappa shape index (κ3) is 7.38. The summed E-state index contributed by atoms with van der Waals surface area (Å²) < 4.78 is 26.3. The van der Waals surface area contributed by atoms with Crippen LogP contribution in [0.1, 0.15) is 16.7 Å². The lowest BCUT2D eigenvalue weighted by Gasteiger charge is -2.38. The molecule has 3 N–H and O–H groups in total. The molecule has 0 unspecified atom stereocenters. The number of piperazine rings is 1. The third-order valence-electron chi connectivity index (χ3n) is 7.47. The van der Waals surface area contributed by atoms with Gasteiger partial charge in [0.1, 0.15) is 6.04 Å². The fraction of sp³-hybridized carbons (Fsp3) is 0.333. The second-order valence-corrected chi connectivity index (χ2v) is 12.7. The lowest BCUT2D eigenvalue weighted by atomic mass is 9.95. The number of fused-ring (bicyclic) bond motifs is 1. The van der Waals surface area contributed by atoms with E-state index in [2.05, 4.69) is 26.3 Å². The minimum atomic E-state index is -3.44. The van der Waals surface area contributed by atoms with Gasteiger partial charge in [-0.1, -0.05) is 60.1 Å². The summed E-state index contributed by atoms with van der Waals surface area (Å²) >= 11 is 6.22. The van der Waals surface area contributed by atoms with Gasteiger partial charge in [0.05, 0.1) is 23.7 Å². The van der Waals surface area contributed by atoms with E-state index >= 15 is 0 Å². The molecule has 2 aliphatic heterocycles. The van der Waals surface area contributed by atoms with Gasteiger partial charge in [0.15, 0.2) is 0 Å². The van der Waals surface area contributed by atoms with Crippen molar-refractivity contribution in [3.63, 3.8) is 0 Å². The summed E-state index contributed by atoms with van der Waals surface area (Å²) in [5.74, 6) is -0.365. The quantitative estimate of drug-likeness (QED) is 0.369. The Bertz CT molecular complexity index is 1520. The lowest BCUT2D eigenvalue weighted by molar-refractivity contribution is -0.137. The highest BCUT2D eigenvalue weighted by atomic mass is 35.5. The van der Waals surface area contributed by atoms with E-state index in [1.807, 2.05) is 48.5 Å². The maximum absolute atomic E-state index is 13.8. The largest absolute Gasteiger partial charge is 0.366 e. The van der Waals surface area contributed by atoms with Crippen molar-refractivity contribution in [1.29, 1.82) is 0 Å². The van der Waals surface area contributed by atoms with Crippen molar-refractivity contribution >= 4 is 44.8 Å². The minimum absolute atomic E-state index is 0.156. The molecule has 3 aromatic carbocycles. The first-order valence-electron chi connectivity index (χ1n) is 13.6. The van der Waals surface area contributed by atoms with E-state index in [9.17, 15) is 18.0 Å². The van der Waals surface area contributed by atoms with Gasteiger partial charge in [-0.15, -0.1) is 0 Å². The average Bonchev–Trinajstić information content (AvgIpc) is 2.96. The molecule has 2 heterocycles. The van der Waals surface area contributed by atoms with E-state index in [1.165, 1.54) is 5.56 Å². The van der Waals surface area contributed by atoms with Crippen molar-refractivity contribution in [3.8, 4) is 0 Å². The maximum Gasteiger partial charge on any atom is 0.245 e. The molecule has 2 atom stereocenters. The van der Waals surface area contributed by atoms with Crippen LogP contribution in [0.2, 0.25) is 5.02 Å². The summed E-state index contributed by atoms with van der Waals surface area (Å²) in [5.41, 5.74) is 4.43. The molecule has 0 bridgehead atoms. The van der Waals surface area contributed by atoms with Crippen LogP contribution in [0.25, 0.3) is 0 Å². The number of hydrogen-bond acceptors (Lipinski definition) is 6. The second kappa shape index (κ2) is 12.5. The van der Waals surface area contributed by atoms with Gasteiger partial charge in [0.25, 0.3) is 0 Å². The number of benzene rings is 3. The summed E-state index contributed by atoms with van der Waals surface area (Å²) in [4.78, 5) is 31.1. The van der Waals surface area contributed by atoms with Gasteiger partial charge in [0.2, 0.25) is 21.8 Å². The van der Waals surface area contributed by atoms with Gasteiger partial charge in [-0.2, -0.15) is 0 Å². The number of anilines is 2. The molecular weight excluding hydrogens is 562 g/mol. The first-order valence-corrected chi connectivity index (χ1v) is 15.9. The fourth-order valence-electron chi connectivity index (χ4n) is 5.44. The average molecular weight is 596 g/mol. The molecule has 0 aromatic heterocycles. The van der Waals surface area contributed by atoms with Crippen molar-refractivity contribution in [1.82, 2.24) is 15.5 Å². The van der Waals surface area contributed by atoms with Crippen molar-refractivity contribution in [2.75, 3.05) is 42.1 Å². The van der Waals surface area contributed by atoms with Gasteiger partial charge in [-0.05, 0) is 47.4 Å². The highest BCUT2D eigenvalue weighted by Gasteiger charge is 2.32. The smallest absolute Gasteiger partial charge is 0.245 e. The summed E-state index contributed by atoms with van der Waals surface area (Å²) in [6.07, 6.45) is 1.99. The third-order valence-corrected chi connectivity index (χ3v) is 8.30. The highest BCUT2D eigenvalue weighted by molar-refractivity contribution is 7.92. The number of hydrogen-bond donors (Lipinski definition) is 3. The molecule has 3 aromatic rings. The maximum atomic E-state index is 13.8. The Hall–Kier alpha value is -3.60. The molecule has 11 heteroatoms. The summed E-state index contributed by atoms with van der Waals surface area (Å²) in [6.45, 7) is 2.50. The van der Waals surface area contributed by atoms with Crippen LogP contribution in [0.3, 0.4) is 0 Å². The van der Waals surface area contributed by atoms with E-state index in [1.54, 1.807) is 23.1 Å². The van der Waals surface area contributed by atoms with E-state index in [0.717, 1.165) is 23.1 Å².